The van der Waals surface area contributed by atoms with E-state index >= 15 is 0 Å². The number of carbonyl (C=O) groups excluding carboxylic acids is 1. The van der Waals surface area contributed by atoms with Crippen molar-refractivity contribution < 1.29 is 32.9 Å². The Kier molecular flexibility index (Phi) is 40.1. The van der Waals surface area contributed by atoms with Crippen molar-refractivity contribution in [3.05, 3.63) is 12.2 Å². The van der Waals surface area contributed by atoms with Crippen LogP contribution in [0.4, 0.5) is 0 Å². The molecule has 1 amide bonds. The van der Waals surface area contributed by atoms with Gasteiger partial charge in [-0.3, -0.25) is 13.8 Å². The summed E-state index contributed by atoms with van der Waals surface area (Å²) in [6, 6.07) is -0.837. The van der Waals surface area contributed by atoms with Crippen molar-refractivity contribution in [1.82, 2.24) is 5.32 Å². The summed E-state index contributed by atoms with van der Waals surface area (Å²) in [6.45, 7) is 4.62. The molecule has 0 aliphatic carbocycles. The first-order chi connectivity index (χ1) is 27.5. The zero-order valence-corrected chi connectivity index (χ0v) is 39.5. The molecule has 340 valence electrons. The van der Waals surface area contributed by atoms with E-state index in [1.807, 2.05) is 34.1 Å². The highest BCUT2D eigenvalue weighted by Crippen LogP contribution is 2.43. The predicted molar refractivity (Wildman–Crippen MR) is 245 cm³/mol. The number of amides is 1. The molecule has 0 saturated heterocycles. The third-order valence-corrected chi connectivity index (χ3v) is 12.2. The number of hydrogen-bond donors (Lipinski definition) is 3. The molecule has 9 heteroatoms. The minimum absolute atomic E-state index is 0.0625. The van der Waals surface area contributed by atoms with Gasteiger partial charge in [-0.2, -0.15) is 0 Å². The maximum atomic E-state index is 12.7. The number of hydrogen-bond acceptors (Lipinski definition) is 5. The van der Waals surface area contributed by atoms with Gasteiger partial charge in [0.05, 0.1) is 39.9 Å². The Morgan fingerprint density at radius 3 is 1.26 bits per heavy atom. The molecule has 0 spiro atoms. The quantitative estimate of drug-likeness (QED) is 0.0244. The zero-order valence-electron chi connectivity index (χ0n) is 38.6. The summed E-state index contributed by atoms with van der Waals surface area (Å²) >= 11 is 0. The fraction of sp³-hybridized carbons (Fsp3) is 0.938. The number of allylic oxidation sites excluding steroid dienone is 1. The number of nitrogens with zero attached hydrogens (tertiary/aromatic N) is 1. The van der Waals surface area contributed by atoms with Gasteiger partial charge in [0, 0.05) is 6.42 Å². The summed E-state index contributed by atoms with van der Waals surface area (Å²) in [5.74, 6) is -0.184. The second-order valence-electron chi connectivity index (χ2n) is 18.2. The average molecular weight is 830 g/mol. The molecule has 0 heterocycles. The summed E-state index contributed by atoms with van der Waals surface area (Å²) < 4.78 is 23.2. The van der Waals surface area contributed by atoms with Crippen LogP contribution in [0, 0.1) is 0 Å². The SMILES string of the molecule is CCC/C=C/C(O)C(COP(=O)(O)OCC[N+](C)(C)C)NC(=O)CCCCCCCCCCCCCCCCCCCCCCCCCCCCCCCCCC. The first-order valence-corrected chi connectivity index (χ1v) is 26.1. The number of quaternary nitrogens is 1. The van der Waals surface area contributed by atoms with E-state index in [-0.39, 0.29) is 19.1 Å². The number of unbranched alkanes of at least 4 members (excludes halogenated alkanes) is 32. The van der Waals surface area contributed by atoms with Crippen molar-refractivity contribution in [2.75, 3.05) is 40.9 Å². The second-order valence-corrected chi connectivity index (χ2v) is 19.7. The van der Waals surface area contributed by atoms with Crippen LogP contribution in [0.25, 0.3) is 0 Å². The highest BCUT2D eigenvalue weighted by Gasteiger charge is 2.27. The molecule has 0 aromatic rings. The van der Waals surface area contributed by atoms with Crippen molar-refractivity contribution in [2.45, 2.75) is 251 Å². The van der Waals surface area contributed by atoms with Crippen LogP contribution in [0.1, 0.15) is 239 Å². The Morgan fingerprint density at radius 1 is 0.579 bits per heavy atom. The fourth-order valence-corrected chi connectivity index (χ4v) is 8.08. The zero-order chi connectivity index (χ0) is 42.1. The number of carbonyl (C=O) groups is 1. The molecule has 3 unspecified atom stereocenters. The van der Waals surface area contributed by atoms with Crippen molar-refractivity contribution in [3.63, 3.8) is 0 Å². The maximum Gasteiger partial charge on any atom is 0.472 e. The number of rotatable bonds is 45. The standard InChI is InChI=1S/C48H97N2O6P/c1-6-8-10-11-12-13-14-15-16-17-18-19-20-21-22-23-24-25-26-27-28-29-30-31-32-33-34-35-36-37-38-40-42-48(52)49-46(47(51)41-39-9-7-2)45-56-57(53,54)55-44-43-50(3,4)5/h39,41,46-47,51H,6-38,40,42-45H2,1-5H3,(H-,49,52,53,54)/p+1/b41-39+. The van der Waals surface area contributed by atoms with Gasteiger partial charge in [0.25, 0.3) is 0 Å². The van der Waals surface area contributed by atoms with Crippen LogP contribution >= 0.6 is 7.82 Å². The monoisotopic (exact) mass is 830 g/mol. The van der Waals surface area contributed by atoms with Crippen molar-refractivity contribution in [3.8, 4) is 0 Å². The second kappa shape index (κ2) is 40.6. The lowest BCUT2D eigenvalue weighted by atomic mass is 10.0. The lowest BCUT2D eigenvalue weighted by Gasteiger charge is -2.25. The van der Waals surface area contributed by atoms with Crippen LogP contribution in [0.5, 0.6) is 0 Å². The summed E-state index contributed by atoms with van der Waals surface area (Å²) in [6.07, 6.45) is 48.4. The molecule has 0 aliphatic heterocycles. The number of aliphatic hydroxyl groups excluding tert-OH is 1. The Labute approximate surface area is 354 Å². The lowest BCUT2D eigenvalue weighted by Crippen LogP contribution is -2.45. The van der Waals surface area contributed by atoms with Gasteiger partial charge in [-0.25, -0.2) is 4.57 Å². The van der Waals surface area contributed by atoms with Gasteiger partial charge < -0.3 is 19.8 Å². The minimum Gasteiger partial charge on any atom is -0.387 e. The first kappa shape index (κ1) is 56.2. The Morgan fingerprint density at radius 2 is 0.930 bits per heavy atom. The molecule has 0 aromatic carbocycles. The van der Waals surface area contributed by atoms with Crippen LogP contribution in [-0.2, 0) is 18.4 Å². The van der Waals surface area contributed by atoms with Gasteiger partial charge >= 0.3 is 7.82 Å². The topological polar surface area (TPSA) is 105 Å². The van der Waals surface area contributed by atoms with E-state index in [2.05, 4.69) is 12.2 Å². The van der Waals surface area contributed by atoms with E-state index < -0.39 is 20.0 Å². The van der Waals surface area contributed by atoms with Crippen molar-refractivity contribution in [1.29, 1.82) is 0 Å². The van der Waals surface area contributed by atoms with Gasteiger partial charge in [0.2, 0.25) is 5.91 Å². The van der Waals surface area contributed by atoms with Crippen molar-refractivity contribution in [2.24, 2.45) is 0 Å². The number of nitrogens with one attached hydrogen (secondary N) is 1. The molecule has 3 N–H and O–H groups in total. The molecule has 8 nitrogen and oxygen atoms in total. The molecular weight excluding hydrogens is 732 g/mol. The number of phosphoric acid groups is 1. The van der Waals surface area contributed by atoms with Gasteiger partial charge in [-0.15, -0.1) is 0 Å². The van der Waals surface area contributed by atoms with Crippen LogP contribution < -0.4 is 5.32 Å². The maximum absolute atomic E-state index is 12.7. The third-order valence-electron chi connectivity index (χ3n) is 11.2. The molecule has 0 fully saturated rings. The lowest BCUT2D eigenvalue weighted by molar-refractivity contribution is -0.870. The van der Waals surface area contributed by atoms with Crippen LogP contribution in [0.2, 0.25) is 0 Å². The first-order valence-electron chi connectivity index (χ1n) is 24.6. The summed E-state index contributed by atoms with van der Waals surface area (Å²) in [5, 5.41) is 13.5. The molecule has 0 aliphatic rings. The predicted octanol–water partition coefficient (Wildman–Crippen LogP) is 13.9. The van der Waals surface area contributed by atoms with E-state index in [1.165, 1.54) is 186 Å². The summed E-state index contributed by atoms with van der Waals surface area (Å²) in [4.78, 5) is 22.8. The van der Waals surface area contributed by atoms with E-state index in [4.69, 9.17) is 9.05 Å². The van der Waals surface area contributed by atoms with Crippen LogP contribution in [0.3, 0.4) is 0 Å². The number of phosphoric ester groups is 1. The summed E-state index contributed by atoms with van der Waals surface area (Å²) in [7, 11) is 1.57. The summed E-state index contributed by atoms with van der Waals surface area (Å²) in [5.41, 5.74) is 0. The van der Waals surface area contributed by atoms with Crippen LogP contribution in [0.15, 0.2) is 12.2 Å². The normalized spacial score (nSPS) is 14.3. The molecule has 3 atom stereocenters. The van der Waals surface area contributed by atoms with Gasteiger partial charge in [-0.1, -0.05) is 231 Å². The smallest absolute Gasteiger partial charge is 0.387 e. The molecule has 0 aromatic heterocycles. The molecule has 0 rings (SSSR count). The molecule has 0 radical (unpaired) electrons. The minimum atomic E-state index is -4.31. The molecule has 0 bridgehead atoms. The number of likely N-dealkylation sites (N-methyl/N-ethyl adjacent to an activating group) is 1. The number of aliphatic hydroxyl groups is 1. The Hall–Kier alpha value is -0.760. The van der Waals surface area contributed by atoms with E-state index in [0.717, 1.165) is 32.1 Å². The van der Waals surface area contributed by atoms with Gasteiger partial charge in [0.15, 0.2) is 0 Å². The fourth-order valence-electron chi connectivity index (χ4n) is 7.34. The molecular formula is C48H98N2O6P+. The van der Waals surface area contributed by atoms with Crippen LogP contribution in [-0.4, -0.2) is 73.4 Å². The highest BCUT2D eigenvalue weighted by atomic mass is 31.2. The Bertz CT molecular complexity index is 942. The van der Waals surface area contributed by atoms with Crippen molar-refractivity contribution >= 4 is 13.7 Å². The van der Waals surface area contributed by atoms with E-state index in [9.17, 15) is 19.4 Å². The third kappa shape index (κ3) is 43.1. The highest BCUT2D eigenvalue weighted by molar-refractivity contribution is 7.47. The largest absolute Gasteiger partial charge is 0.472 e. The van der Waals surface area contributed by atoms with E-state index in [0.29, 0.717) is 17.4 Å². The van der Waals surface area contributed by atoms with E-state index in [1.54, 1.807) is 6.08 Å². The Balaban J connectivity index is 3.66. The van der Waals surface area contributed by atoms with Gasteiger partial charge in [-0.05, 0) is 12.8 Å². The average Bonchev–Trinajstić information content (AvgIpc) is 3.16. The van der Waals surface area contributed by atoms with Gasteiger partial charge in [0.1, 0.15) is 13.2 Å². The molecule has 57 heavy (non-hydrogen) atoms. The molecule has 0 saturated carbocycles.